The molecule has 6 heteroatoms. The van der Waals surface area contributed by atoms with Crippen molar-refractivity contribution in [3.8, 4) is 0 Å². The number of hydrogen-bond donors (Lipinski definition) is 1. The Morgan fingerprint density at radius 1 is 0.897 bits per heavy atom. The van der Waals surface area contributed by atoms with Gasteiger partial charge in [-0.05, 0) is 48.7 Å². The minimum atomic E-state index is 0.142. The number of rotatable bonds is 6. The van der Waals surface area contributed by atoms with Gasteiger partial charge in [-0.1, -0.05) is 29.8 Å². The van der Waals surface area contributed by atoms with Crippen molar-refractivity contribution in [2.45, 2.75) is 6.42 Å². The molecule has 1 atom stereocenters. The largest absolute Gasteiger partial charge is 0.371 e. The summed E-state index contributed by atoms with van der Waals surface area (Å²) in [4.78, 5) is 19.4. The average molecular weight is 413 g/mol. The maximum atomic E-state index is 12.4. The Kier molecular flexibility index (Phi) is 6.57. The van der Waals surface area contributed by atoms with Crippen LogP contribution in [0.1, 0.15) is 6.42 Å². The minimum absolute atomic E-state index is 0.142. The molecular formula is C23H29ClN4O. The number of nitrogens with zero attached hydrogens (tertiary/aromatic N) is 3. The predicted molar refractivity (Wildman–Crippen MR) is 120 cm³/mol. The fourth-order valence-electron chi connectivity index (χ4n) is 4.21. The number of carbonyl (C=O) groups is 1. The van der Waals surface area contributed by atoms with Crippen molar-refractivity contribution in [1.29, 1.82) is 0 Å². The van der Waals surface area contributed by atoms with Crippen molar-refractivity contribution >= 4 is 28.9 Å². The number of hydrogen-bond acceptors (Lipinski definition) is 4. The Labute approximate surface area is 178 Å². The summed E-state index contributed by atoms with van der Waals surface area (Å²) in [6.45, 7) is 7.02. The standard InChI is InChI=1S/C23H29ClN4O/c24-20-6-8-22(9-7-20)27-14-12-26(13-15-27)18-23(29)25-16-19-10-11-28(17-19)21-4-2-1-3-5-21/h1-9,19H,10-18H2,(H,25,29)/t19-/m0/s1. The second-order valence-electron chi connectivity index (χ2n) is 7.98. The SMILES string of the molecule is O=C(CN1CCN(c2ccc(Cl)cc2)CC1)NC[C@@H]1CCN(c2ccccc2)C1. The highest BCUT2D eigenvalue weighted by atomic mass is 35.5. The minimum Gasteiger partial charge on any atom is -0.371 e. The third kappa shape index (κ3) is 5.43. The molecular weight excluding hydrogens is 384 g/mol. The fourth-order valence-corrected chi connectivity index (χ4v) is 4.33. The Morgan fingerprint density at radius 3 is 2.31 bits per heavy atom. The van der Waals surface area contributed by atoms with Gasteiger partial charge < -0.3 is 15.1 Å². The van der Waals surface area contributed by atoms with Crippen LogP contribution in [0.5, 0.6) is 0 Å². The molecule has 2 aliphatic heterocycles. The van der Waals surface area contributed by atoms with Gasteiger partial charge in [0.25, 0.3) is 0 Å². The second-order valence-corrected chi connectivity index (χ2v) is 8.42. The number of piperazine rings is 1. The molecule has 5 nitrogen and oxygen atoms in total. The van der Waals surface area contributed by atoms with Crippen LogP contribution >= 0.6 is 11.6 Å². The summed E-state index contributed by atoms with van der Waals surface area (Å²) in [6.07, 6.45) is 1.13. The molecule has 2 saturated heterocycles. The van der Waals surface area contributed by atoms with Crippen molar-refractivity contribution in [1.82, 2.24) is 10.2 Å². The summed E-state index contributed by atoms with van der Waals surface area (Å²) >= 11 is 5.97. The van der Waals surface area contributed by atoms with E-state index in [0.29, 0.717) is 12.5 Å². The van der Waals surface area contributed by atoms with E-state index in [1.165, 1.54) is 11.4 Å². The quantitative estimate of drug-likeness (QED) is 0.791. The van der Waals surface area contributed by atoms with Gasteiger partial charge >= 0.3 is 0 Å². The van der Waals surface area contributed by atoms with Crippen LogP contribution in [-0.2, 0) is 4.79 Å². The Bertz CT molecular complexity index is 790. The molecule has 0 radical (unpaired) electrons. The topological polar surface area (TPSA) is 38.8 Å². The second kappa shape index (κ2) is 9.51. The molecule has 1 N–H and O–H groups in total. The van der Waals surface area contributed by atoms with E-state index >= 15 is 0 Å². The van der Waals surface area contributed by atoms with E-state index in [2.05, 4.69) is 56.4 Å². The zero-order chi connectivity index (χ0) is 20.1. The molecule has 0 bridgehead atoms. The third-order valence-electron chi connectivity index (χ3n) is 5.93. The lowest BCUT2D eigenvalue weighted by Gasteiger charge is -2.35. The highest BCUT2D eigenvalue weighted by Gasteiger charge is 2.24. The summed E-state index contributed by atoms with van der Waals surface area (Å²) < 4.78 is 0. The van der Waals surface area contributed by atoms with E-state index < -0.39 is 0 Å². The molecule has 29 heavy (non-hydrogen) atoms. The Morgan fingerprint density at radius 2 is 1.59 bits per heavy atom. The molecule has 154 valence electrons. The molecule has 2 heterocycles. The van der Waals surface area contributed by atoms with E-state index in [1.807, 2.05) is 18.2 Å². The van der Waals surface area contributed by atoms with Gasteiger partial charge in [-0.3, -0.25) is 9.69 Å². The van der Waals surface area contributed by atoms with Crippen molar-refractivity contribution in [3.63, 3.8) is 0 Å². The number of amides is 1. The van der Waals surface area contributed by atoms with Crippen LogP contribution in [0.25, 0.3) is 0 Å². The Balaban J connectivity index is 1.16. The van der Waals surface area contributed by atoms with Crippen molar-refractivity contribution in [2.24, 2.45) is 5.92 Å². The molecule has 2 fully saturated rings. The number of halogens is 1. The van der Waals surface area contributed by atoms with Gasteiger partial charge in [0.1, 0.15) is 0 Å². The number of nitrogens with one attached hydrogen (secondary N) is 1. The van der Waals surface area contributed by atoms with Crippen LogP contribution in [0.15, 0.2) is 54.6 Å². The van der Waals surface area contributed by atoms with Crippen LogP contribution in [0.4, 0.5) is 11.4 Å². The summed E-state index contributed by atoms with van der Waals surface area (Å²) in [5.41, 5.74) is 2.47. The van der Waals surface area contributed by atoms with E-state index in [1.54, 1.807) is 0 Å². The van der Waals surface area contributed by atoms with Crippen molar-refractivity contribution in [2.75, 3.05) is 62.2 Å². The van der Waals surface area contributed by atoms with Gasteiger partial charge in [0.05, 0.1) is 6.54 Å². The van der Waals surface area contributed by atoms with Gasteiger partial charge in [-0.15, -0.1) is 0 Å². The van der Waals surface area contributed by atoms with E-state index in [0.717, 1.165) is 57.3 Å². The molecule has 4 rings (SSSR count). The van der Waals surface area contributed by atoms with Crippen LogP contribution in [0.3, 0.4) is 0 Å². The first-order valence-electron chi connectivity index (χ1n) is 10.5. The summed E-state index contributed by atoms with van der Waals surface area (Å²) in [7, 11) is 0. The highest BCUT2D eigenvalue weighted by Crippen LogP contribution is 2.23. The van der Waals surface area contributed by atoms with Gasteiger partial charge in [-0.2, -0.15) is 0 Å². The molecule has 2 aromatic rings. The molecule has 0 unspecified atom stereocenters. The van der Waals surface area contributed by atoms with Crippen molar-refractivity contribution in [3.05, 3.63) is 59.6 Å². The molecule has 2 aliphatic rings. The van der Waals surface area contributed by atoms with Gasteiger partial charge in [-0.25, -0.2) is 0 Å². The number of benzene rings is 2. The normalized spacial score (nSPS) is 20.1. The first-order chi connectivity index (χ1) is 14.2. The maximum absolute atomic E-state index is 12.4. The van der Waals surface area contributed by atoms with Crippen LogP contribution in [0.2, 0.25) is 5.02 Å². The number of anilines is 2. The lowest BCUT2D eigenvalue weighted by molar-refractivity contribution is -0.122. The Hall–Kier alpha value is -2.24. The van der Waals surface area contributed by atoms with Gasteiger partial charge in [0.15, 0.2) is 0 Å². The number of carbonyl (C=O) groups excluding carboxylic acids is 1. The molecule has 2 aromatic carbocycles. The predicted octanol–water partition coefficient (Wildman–Crippen LogP) is 3.10. The monoisotopic (exact) mass is 412 g/mol. The summed E-state index contributed by atoms with van der Waals surface area (Å²) in [6, 6.07) is 18.5. The van der Waals surface area contributed by atoms with E-state index in [-0.39, 0.29) is 5.91 Å². The molecule has 1 amide bonds. The lowest BCUT2D eigenvalue weighted by Crippen LogP contribution is -2.49. The van der Waals surface area contributed by atoms with E-state index in [9.17, 15) is 4.79 Å². The first kappa shape index (κ1) is 20.0. The zero-order valence-electron chi connectivity index (χ0n) is 16.8. The van der Waals surface area contributed by atoms with Crippen molar-refractivity contribution < 1.29 is 4.79 Å². The number of para-hydroxylation sites is 1. The molecule has 0 spiro atoms. The van der Waals surface area contributed by atoms with Crippen LogP contribution in [-0.4, -0.2) is 63.2 Å². The third-order valence-corrected chi connectivity index (χ3v) is 6.18. The lowest BCUT2D eigenvalue weighted by atomic mass is 10.1. The van der Waals surface area contributed by atoms with Crippen LogP contribution in [0, 0.1) is 5.92 Å². The molecule has 0 aromatic heterocycles. The highest BCUT2D eigenvalue weighted by molar-refractivity contribution is 6.30. The summed E-state index contributed by atoms with van der Waals surface area (Å²) in [5, 5.41) is 3.92. The summed E-state index contributed by atoms with van der Waals surface area (Å²) in [5.74, 6) is 0.670. The molecule has 0 saturated carbocycles. The van der Waals surface area contributed by atoms with Crippen LogP contribution < -0.4 is 15.1 Å². The zero-order valence-corrected chi connectivity index (χ0v) is 17.5. The average Bonchev–Trinajstić information content (AvgIpc) is 3.23. The maximum Gasteiger partial charge on any atom is 0.234 e. The first-order valence-corrected chi connectivity index (χ1v) is 10.8. The fraction of sp³-hybridized carbons (Fsp3) is 0.435. The van der Waals surface area contributed by atoms with Gasteiger partial charge in [0, 0.05) is 62.2 Å². The van der Waals surface area contributed by atoms with Gasteiger partial charge in [0.2, 0.25) is 5.91 Å². The smallest absolute Gasteiger partial charge is 0.234 e. The van der Waals surface area contributed by atoms with E-state index in [4.69, 9.17) is 11.6 Å². The molecule has 0 aliphatic carbocycles.